The van der Waals surface area contributed by atoms with E-state index in [-0.39, 0.29) is 19.7 Å². The van der Waals surface area contributed by atoms with Crippen molar-refractivity contribution in [2.24, 2.45) is 0 Å². The number of hydrogen-bond donors (Lipinski definition) is 1. The smallest absolute Gasteiger partial charge is 0.240 e. The summed E-state index contributed by atoms with van der Waals surface area (Å²) in [7, 11) is -3.61. The van der Waals surface area contributed by atoms with Crippen LogP contribution in [0.5, 0.6) is 5.75 Å². The molecule has 0 fully saturated rings. The highest BCUT2D eigenvalue weighted by molar-refractivity contribution is 9.10. The zero-order chi connectivity index (χ0) is 20.0. The Labute approximate surface area is 172 Å². The average molecular weight is 476 g/mol. The monoisotopic (exact) mass is 474 g/mol. The second-order valence-corrected chi connectivity index (χ2v) is 9.09. The molecule has 0 atom stereocenters. The lowest BCUT2D eigenvalue weighted by Crippen LogP contribution is -2.41. The molecule has 0 saturated heterocycles. The highest BCUT2D eigenvalue weighted by Gasteiger charge is 2.20. The van der Waals surface area contributed by atoms with Crippen molar-refractivity contribution in [3.05, 3.63) is 57.5 Å². The highest BCUT2D eigenvalue weighted by atomic mass is 79.9. The average Bonchev–Trinajstić information content (AvgIpc) is 2.58. The van der Waals surface area contributed by atoms with Crippen molar-refractivity contribution < 1.29 is 17.9 Å². The number of sulfonamides is 1. The molecular weight excluding hydrogens is 456 g/mol. The van der Waals surface area contributed by atoms with Crippen LogP contribution in [0, 0.1) is 6.92 Å². The highest BCUT2D eigenvalue weighted by Crippen LogP contribution is 2.22. The minimum absolute atomic E-state index is 0.237. The fraction of sp³-hybridized carbons (Fsp3) is 0.278. The van der Waals surface area contributed by atoms with E-state index < -0.39 is 15.9 Å². The molecule has 0 radical (unpaired) electrons. The van der Waals surface area contributed by atoms with E-state index in [1.165, 1.54) is 0 Å². The van der Waals surface area contributed by atoms with E-state index in [4.69, 9.17) is 16.3 Å². The van der Waals surface area contributed by atoms with Crippen molar-refractivity contribution in [3.8, 4) is 5.75 Å². The van der Waals surface area contributed by atoms with E-state index >= 15 is 0 Å². The van der Waals surface area contributed by atoms with Gasteiger partial charge in [-0.25, -0.2) is 8.42 Å². The van der Waals surface area contributed by atoms with Gasteiger partial charge >= 0.3 is 0 Å². The summed E-state index contributed by atoms with van der Waals surface area (Å²) in [4.78, 5) is 12.2. The van der Waals surface area contributed by atoms with Crippen LogP contribution in [0.25, 0.3) is 0 Å². The quantitative estimate of drug-likeness (QED) is 0.594. The second-order valence-electron chi connectivity index (χ2n) is 5.86. The first-order chi connectivity index (χ1) is 12.7. The summed E-state index contributed by atoms with van der Waals surface area (Å²) in [6, 6.07) is 12.1. The van der Waals surface area contributed by atoms with E-state index in [0.29, 0.717) is 16.5 Å². The number of carbonyl (C=O) groups is 1. The van der Waals surface area contributed by atoms with E-state index in [0.717, 1.165) is 20.6 Å². The standard InChI is InChI=1S/C18H20BrClN2O4S/c1-13-6-7-16(11-17(13)20)26-9-8-21-18(23)12-22(27(2,24)25)15-5-3-4-14(19)10-15/h3-7,10-11H,8-9,12H2,1-2H3,(H,21,23). The fourth-order valence-electron chi connectivity index (χ4n) is 2.24. The Morgan fingerprint density at radius 3 is 2.63 bits per heavy atom. The van der Waals surface area contributed by atoms with Gasteiger partial charge in [0.15, 0.2) is 0 Å². The van der Waals surface area contributed by atoms with E-state index in [1.54, 1.807) is 36.4 Å². The Morgan fingerprint density at radius 1 is 1.26 bits per heavy atom. The summed E-state index contributed by atoms with van der Waals surface area (Å²) in [6.07, 6.45) is 1.06. The molecule has 1 N–H and O–H groups in total. The predicted molar refractivity (Wildman–Crippen MR) is 111 cm³/mol. The molecule has 0 bridgehead atoms. The molecule has 0 aromatic heterocycles. The van der Waals surface area contributed by atoms with Crippen LogP contribution in [0.3, 0.4) is 0 Å². The maximum Gasteiger partial charge on any atom is 0.240 e. The Kier molecular flexibility index (Phi) is 7.52. The van der Waals surface area contributed by atoms with Crippen LogP contribution in [-0.4, -0.2) is 40.3 Å². The van der Waals surface area contributed by atoms with Crippen LogP contribution >= 0.6 is 27.5 Å². The first kappa shape index (κ1) is 21.5. The van der Waals surface area contributed by atoms with Gasteiger partial charge in [-0.05, 0) is 42.8 Å². The van der Waals surface area contributed by atoms with Gasteiger partial charge in [-0.3, -0.25) is 9.10 Å². The zero-order valence-electron chi connectivity index (χ0n) is 14.9. The van der Waals surface area contributed by atoms with Gasteiger partial charge in [-0.2, -0.15) is 0 Å². The van der Waals surface area contributed by atoms with Crippen molar-refractivity contribution in [2.45, 2.75) is 6.92 Å². The van der Waals surface area contributed by atoms with Crippen molar-refractivity contribution in [2.75, 3.05) is 30.3 Å². The lowest BCUT2D eigenvalue weighted by atomic mass is 10.2. The number of hydrogen-bond acceptors (Lipinski definition) is 4. The number of nitrogens with zero attached hydrogens (tertiary/aromatic N) is 1. The van der Waals surface area contributed by atoms with Gasteiger partial charge in [0.2, 0.25) is 15.9 Å². The van der Waals surface area contributed by atoms with Gasteiger partial charge in [0.25, 0.3) is 0 Å². The number of nitrogens with one attached hydrogen (secondary N) is 1. The Hall–Kier alpha value is -1.77. The van der Waals surface area contributed by atoms with Gasteiger partial charge in [-0.1, -0.05) is 39.7 Å². The summed E-state index contributed by atoms with van der Waals surface area (Å²) in [5, 5.41) is 3.26. The SMILES string of the molecule is Cc1ccc(OCCNC(=O)CN(c2cccc(Br)c2)S(C)(=O)=O)cc1Cl. The van der Waals surface area contributed by atoms with Gasteiger partial charge < -0.3 is 10.1 Å². The van der Waals surface area contributed by atoms with Crippen LogP contribution < -0.4 is 14.4 Å². The molecule has 27 heavy (non-hydrogen) atoms. The molecule has 146 valence electrons. The molecule has 1 amide bonds. The fourth-order valence-corrected chi connectivity index (χ4v) is 3.65. The first-order valence-electron chi connectivity index (χ1n) is 8.06. The van der Waals surface area contributed by atoms with Gasteiger partial charge in [0.05, 0.1) is 18.5 Å². The minimum Gasteiger partial charge on any atom is -0.492 e. The number of carbonyl (C=O) groups excluding carboxylic acids is 1. The normalized spacial score (nSPS) is 11.1. The number of halogens is 2. The number of amides is 1. The number of anilines is 1. The number of benzene rings is 2. The zero-order valence-corrected chi connectivity index (χ0v) is 18.1. The third kappa shape index (κ3) is 6.71. The summed E-state index contributed by atoms with van der Waals surface area (Å²) < 4.78 is 31.4. The Balaban J connectivity index is 1.89. The van der Waals surface area contributed by atoms with Gasteiger partial charge in [0.1, 0.15) is 18.9 Å². The predicted octanol–water partition coefficient (Wildman–Crippen LogP) is 3.37. The molecule has 9 heteroatoms. The maximum atomic E-state index is 12.2. The number of rotatable bonds is 8. The summed E-state index contributed by atoms with van der Waals surface area (Å²) in [6.45, 7) is 2.05. The van der Waals surface area contributed by atoms with Crippen LogP contribution in [0.4, 0.5) is 5.69 Å². The molecule has 0 aliphatic heterocycles. The van der Waals surface area contributed by atoms with Crippen molar-refractivity contribution in [1.82, 2.24) is 5.32 Å². The lowest BCUT2D eigenvalue weighted by molar-refractivity contribution is -0.119. The molecule has 6 nitrogen and oxygen atoms in total. The maximum absolute atomic E-state index is 12.2. The molecule has 0 aliphatic carbocycles. The van der Waals surface area contributed by atoms with E-state index in [2.05, 4.69) is 21.2 Å². The van der Waals surface area contributed by atoms with E-state index in [9.17, 15) is 13.2 Å². The third-order valence-corrected chi connectivity index (χ3v) is 5.66. The molecule has 0 heterocycles. The Morgan fingerprint density at radius 2 is 2.00 bits per heavy atom. The van der Waals surface area contributed by atoms with Crippen LogP contribution in [0.15, 0.2) is 46.9 Å². The number of aryl methyl sites for hydroxylation is 1. The molecule has 0 saturated carbocycles. The molecule has 0 aliphatic rings. The van der Waals surface area contributed by atoms with Crippen LogP contribution in [-0.2, 0) is 14.8 Å². The third-order valence-electron chi connectivity index (χ3n) is 3.62. The molecule has 0 unspecified atom stereocenters. The first-order valence-corrected chi connectivity index (χ1v) is 11.1. The molecule has 2 rings (SSSR count). The van der Waals surface area contributed by atoms with Crippen molar-refractivity contribution >= 4 is 49.1 Å². The van der Waals surface area contributed by atoms with Crippen molar-refractivity contribution in [1.29, 1.82) is 0 Å². The minimum atomic E-state index is -3.61. The van der Waals surface area contributed by atoms with Gasteiger partial charge in [-0.15, -0.1) is 0 Å². The Bertz CT molecular complexity index is 921. The second kappa shape index (κ2) is 9.43. The summed E-state index contributed by atoms with van der Waals surface area (Å²) >= 11 is 9.33. The molecule has 2 aromatic carbocycles. The van der Waals surface area contributed by atoms with Crippen LogP contribution in [0.2, 0.25) is 5.02 Å². The largest absolute Gasteiger partial charge is 0.492 e. The van der Waals surface area contributed by atoms with Gasteiger partial charge in [0, 0.05) is 9.50 Å². The van der Waals surface area contributed by atoms with Crippen LogP contribution in [0.1, 0.15) is 5.56 Å². The summed E-state index contributed by atoms with van der Waals surface area (Å²) in [5.74, 6) is 0.178. The molecular formula is C18H20BrClN2O4S. The molecule has 0 spiro atoms. The lowest BCUT2D eigenvalue weighted by Gasteiger charge is -2.22. The summed E-state index contributed by atoms with van der Waals surface area (Å²) in [5.41, 5.74) is 1.36. The number of ether oxygens (including phenoxy) is 1. The topological polar surface area (TPSA) is 75.7 Å². The molecule has 2 aromatic rings. The van der Waals surface area contributed by atoms with E-state index in [1.807, 2.05) is 13.0 Å². The van der Waals surface area contributed by atoms with Crippen molar-refractivity contribution in [3.63, 3.8) is 0 Å².